The zero-order valence-electron chi connectivity index (χ0n) is 19.6. The molecule has 1 aliphatic heterocycles. The van der Waals surface area contributed by atoms with Gasteiger partial charge in [0.2, 0.25) is 0 Å². The summed E-state index contributed by atoms with van der Waals surface area (Å²) in [4.78, 5) is 27.5. The number of ether oxygens (including phenoxy) is 2. The van der Waals surface area contributed by atoms with Crippen molar-refractivity contribution in [2.75, 3.05) is 18.1 Å². The molecule has 9 heteroatoms. The molecule has 1 saturated heterocycles. The first-order valence-electron chi connectivity index (χ1n) is 11.3. The van der Waals surface area contributed by atoms with Gasteiger partial charge in [-0.2, -0.15) is 0 Å². The predicted molar refractivity (Wildman–Crippen MR) is 128 cm³/mol. The molecule has 1 aliphatic rings. The van der Waals surface area contributed by atoms with Crippen LogP contribution >= 0.6 is 0 Å². The maximum Gasteiger partial charge on any atom is 0.301 e. The standard InChI is InChI=1S/C26H26N2O7/c1-4-12-34-18-9-6-16(7-10-18)24(30)22-23(17-8-11-19(29)20(14-17)33-5-2)28(26(32)25(22)31)21-13-15(3)35-27-21/h6-11,13-14,23,29-30H,4-5,12H2,1-3H3/b24-22-. The number of hydrogen-bond donors (Lipinski definition) is 2. The van der Waals surface area contributed by atoms with E-state index in [1.54, 1.807) is 44.2 Å². The molecule has 1 atom stereocenters. The van der Waals surface area contributed by atoms with Crippen LogP contribution in [0.2, 0.25) is 0 Å². The minimum Gasteiger partial charge on any atom is -0.507 e. The van der Waals surface area contributed by atoms with Crippen LogP contribution in [-0.4, -0.2) is 40.3 Å². The van der Waals surface area contributed by atoms with E-state index in [0.717, 1.165) is 6.42 Å². The second kappa shape index (κ2) is 9.92. The summed E-state index contributed by atoms with van der Waals surface area (Å²) in [5.41, 5.74) is 0.665. The smallest absolute Gasteiger partial charge is 0.301 e. The molecule has 2 heterocycles. The molecule has 1 fully saturated rings. The summed E-state index contributed by atoms with van der Waals surface area (Å²) >= 11 is 0. The fourth-order valence-corrected chi connectivity index (χ4v) is 3.91. The molecule has 0 aliphatic carbocycles. The van der Waals surface area contributed by atoms with Gasteiger partial charge in [-0.1, -0.05) is 18.1 Å². The van der Waals surface area contributed by atoms with Gasteiger partial charge >= 0.3 is 5.91 Å². The number of phenols is 1. The fourth-order valence-electron chi connectivity index (χ4n) is 3.91. The number of rotatable bonds is 8. The van der Waals surface area contributed by atoms with E-state index in [1.165, 1.54) is 23.1 Å². The molecule has 3 aromatic rings. The predicted octanol–water partition coefficient (Wildman–Crippen LogP) is 4.50. The molecule has 182 valence electrons. The number of aliphatic hydroxyl groups is 1. The minimum atomic E-state index is -1.03. The topological polar surface area (TPSA) is 122 Å². The molecule has 1 unspecified atom stereocenters. The molecule has 1 aromatic heterocycles. The first-order chi connectivity index (χ1) is 16.8. The molecule has 0 spiro atoms. The third-order valence-corrected chi connectivity index (χ3v) is 5.51. The number of ketones is 1. The van der Waals surface area contributed by atoms with Gasteiger partial charge in [-0.15, -0.1) is 0 Å². The Bertz CT molecular complexity index is 1280. The molecule has 0 bridgehead atoms. The number of aryl methyl sites for hydroxylation is 1. The average molecular weight is 479 g/mol. The first-order valence-corrected chi connectivity index (χ1v) is 11.3. The van der Waals surface area contributed by atoms with Crippen LogP contribution in [-0.2, 0) is 9.59 Å². The Balaban J connectivity index is 1.86. The van der Waals surface area contributed by atoms with Gasteiger partial charge in [0.05, 0.1) is 24.8 Å². The van der Waals surface area contributed by atoms with Gasteiger partial charge in [0.15, 0.2) is 17.3 Å². The molecule has 35 heavy (non-hydrogen) atoms. The van der Waals surface area contributed by atoms with E-state index in [9.17, 15) is 19.8 Å². The molecular formula is C26H26N2O7. The third kappa shape index (κ3) is 4.57. The Labute approximate surface area is 202 Å². The Morgan fingerprint density at radius 3 is 2.46 bits per heavy atom. The molecule has 2 N–H and O–H groups in total. The van der Waals surface area contributed by atoms with Gasteiger partial charge in [0.1, 0.15) is 17.3 Å². The van der Waals surface area contributed by atoms with Crippen LogP contribution in [0.1, 0.15) is 43.2 Å². The zero-order valence-corrected chi connectivity index (χ0v) is 19.6. The number of aromatic hydroxyl groups is 1. The van der Waals surface area contributed by atoms with Crippen LogP contribution in [0.4, 0.5) is 5.82 Å². The SMILES string of the molecule is CCCOc1ccc(/C(O)=C2/C(=O)C(=O)N(c3cc(C)on3)C2c2ccc(O)c(OCC)c2)cc1. The lowest BCUT2D eigenvalue weighted by atomic mass is 9.95. The molecule has 9 nitrogen and oxygen atoms in total. The summed E-state index contributed by atoms with van der Waals surface area (Å²) in [5.74, 6) is -0.782. The Morgan fingerprint density at radius 1 is 1.09 bits per heavy atom. The average Bonchev–Trinajstić information content (AvgIpc) is 3.39. The number of benzene rings is 2. The van der Waals surface area contributed by atoms with Crippen molar-refractivity contribution in [3.63, 3.8) is 0 Å². The van der Waals surface area contributed by atoms with Gasteiger partial charge in [0, 0.05) is 11.6 Å². The van der Waals surface area contributed by atoms with Gasteiger partial charge in [-0.05, 0) is 62.2 Å². The second-order valence-electron chi connectivity index (χ2n) is 8.00. The lowest BCUT2D eigenvalue weighted by Gasteiger charge is -2.23. The van der Waals surface area contributed by atoms with Crippen molar-refractivity contribution in [1.82, 2.24) is 5.16 Å². The van der Waals surface area contributed by atoms with Crippen molar-refractivity contribution in [2.24, 2.45) is 0 Å². The van der Waals surface area contributed by atoms with Gasteiger partial charge in [0.25, 0.3) is 5.78 Å². The number of nitrogens with zero attached hydrogens (tertiary/aromatic N) is 2. The van der Waals surface area contributed by atoms with Crippen molar-refractivity contribution >= 4 is 23.3 Å². The van der Waals surface area contributed by atoms with Crippen LogP contribution in [0, 0.1) is 6.92 Å². The Hall–Kier alpha value is -4.27. The number of anilines is 1. The minimum absolute atomic E-state index is 0.0903. The number of carbonyl (C=O) groups is 2. The number of hydrogen-bond acceptors (Lipinski definition) is 8. The largest absolute Gasteiger partial charge is 0.507 e. The highest BCUT2D eigenvalue weighted by Gasteiger charge is 2.48. The fraction of sp³-hybridized carbons (Fsp3) is 0.269. The highest BCUT2D eigenvalue weighted by molar-refractivity contribution is 6.51. The number of aromatic nitrogens is 1. The Kier molecular flexibility index (Phi) is 6.77. The number of Topliss-reactive ketones (excluding diaryl/α,β-unsaturated/α-hetero) is 1. The summed E-state index contributed by atoms with van der Waals surface area (Å²) in [7, 11) is 0. The van der Waals surface area contributed by atoms with E-state index < -0.39 is 17.7 Å². The van der Waals surface area contributed by atoms with Crippen LogP contribution < -0.4 is 14.4 Å². The maximum atomic E-state index is 13.2. The van der Waals surface area contributed by atoms with Crippen molar-refractivity contribution in [3.8, 4) is 17.2 Å². The lowest BCUT2D eigenvalue weighted by Crippen LogP contribution is -2.29. The highest BCUT2D eigenvalue weighted by Crippen LogP contribution is 2.43. The summed E-state index contributed by atoms with van der Waals surface area (Å²) < 4.78 is 16.2. The lowest BCUT2D eigenvalue weighted by molar-refractivity contribution is -0.132. The number of amides is 1. The van der Waals surface area contributed by atoms with E-state index in [0.29, 0.717) is 35.9 Å². The zero-order chi connectivity index (χ0) is 25.1. The van der Waals surface area contributed by atoms with E-state index in [-0.39, 0.29) is 28.6 Å². The quantitative estimate of drug-likeness (QED) is 0.276. The van der Waals surface area contributed by atoms with Crippen LogP contribution in [0.15, 0.2) is 58.6 Å². The summed E-state index contributed by atoms with van der Waals surface area (Å²) in [6, 6.07) is 11.6. The van der Waals surface area contributed by atoms with E-state index in [2.05, 4.69) is 5.16 Å². The second-order valence-corrected chi connectivity index (χ2v) is 8.00. The maximum absolute atomic E-state index is 13.2. The Morgan fingerprint density at radius 2 is 1.83 bits per heavy atom. The van der Waals surface area contributed by atoms with Crippen molar-refractivity contribution in [2.45, 2.75) is 33.2 Å². The van der Waals surface area contributed by atoms with Gasteiger partial charge in [-0.25, -0.2) is 0 Å². The van der Waals surface area contributed by atoms with Crippen molar-refractivity contribution in [3.05, 3.63) is 71.0 Å². The van der Waals surface area contributed by atoms with Gasteiger partial charge in [-0.3, -0.25) is 14.5 Å². The third-order valence-electron chi connectivity index (χ3n) is 5.51. The van der Waals surface area contributed by atoms with E-state index in [4.69, 9.17) is 14.0 Å². The number of carbonyl (C=O) groups excluding carboxylic acids is 2. The van der Waals surface area contributed by atoms with E-state index in [1.807, 2.05) is 6.92 Å². The number of aliphatic hydroxyl groups excluding tert-OH is 1. The number of phenolic OH excluding ortho intramolecular Hbond substituents is 1. The van der Waals surface area contributed by atoms with Crippen molar-refractivity contribution < 1.29 is 33.8 Å². The summed E-state index contributed by atoms with van der Waals surface area (Å²) in [5, 5.41) is 25.3. The van der Waals surface area contributed by atoms with E-state index >= 15 is 0 Å². The first kappa shape index (κ1) is 23.9. The van der Waals surface area contributed by atoms with Gasteiger partial charge < -0.3 is 24.2 Å². The summed E-state index contributed by atoms with van der Waals surface area (Å²) in [6.45, 7) is 6.28. The molecule has 1 amide bonds. The molecule has 4 rings (SSSR count). The van der Waals surface area contributed by atoms with Crippen LogP contribution in [0.25, 0.3) is 5.76 Å². The summed E-state index contributed by atoms with van der Waals surface area (Å²) in [6.07, 6.45) is 0.850. The van der Waals surface area contributed by atoms with Crippen LogP contribution in [0.5, 0.6) is 17.2 Å². The normalized spacial score (nSPS) is 17.1. The van der Waals surface area contributed by atoms with Crippen molar-refractivity contribution in [1.29, 1.82) is 0 Å². The molecular weight excluding hydrogens is 452 g/mol. The molecule has 0 radical (unpaired) electrons. The molecule has 2 aromatic carbocycles. The molecule has 0 saturated carbocycles. The monoisotopic (exact) mass is 478 g/mol. The van der Waals surface area contributed by atoms with Crippen LogP contribution in [0.3, 0.4) is 0 Å². The highest BCUT2D eigenvalue weighted by atomic mass is 16.5.